The zero-order valence-electron chi connectivity index (χ0n) is 13.3. The minimum atomic E-state index is -0.542. The van der Waals surface area contributed by atoms with E-state index < -0.39 is 17.8 Å². The fourth-order valence-electron chi connectivity index (χ4n) is 2.53. The van der Waals surface area contributed by atoms with Crippen LogP contribution in [0.15, 0.2) is 54.2 Å². The topological polar surface area (TPSA) is 49.4 Å². The predicted octanol–water partition coefficient (Wildman–Crippen LogP) is 3.48. The van der Waals surface area contributed by atoms with E-state index in [1.54, 1.807) is 24.3 Å². The maximum absolute atomic E-state index is 13.7. The summed E-state index contributed by atoms with van der Waals surface area (Å²) in [5.74, 6) is -0.895. The Kier molecular flexibility index (Phi) is 4.42. The van der Waals surface area contributed by atoms with E-state index in [1.807, 2.05) is 24.3 Å². The first kappa shape index (κ1) is 15.9. The molecular formula is C19H17FN2O2. The van der Waals surface area contributed by atoms with Crippen molar-refractivity contribution < 1.29 is 14.0 Å². The normalized spacial score (nSPS) is 15.9. The average molecular weight is 324 g/mol. The summed E-state index contributed by atoms with van der Waals surface area (Å²) in [6, 6.07) is 13.3. The summed E-state index contributed by atoms with van der Waals surface area (Å²) in [5, 5.41) is 2.55. The summed E-state index contributed by atoms with van der Waals surface area (Å²) in [5.41, 5.74) is 2.51. The second-order valence-electron chi connectivity index (χ2n) is 5.57. The third-order valence-corrected chi connectivity index (χ3v) is 3.95. The maximum Gasteiger partial charge on any atom is 0.329 e. The van der Waals surface area contributed by atoms with Gasteiger partial charge in [-0.3, -0.25) is 9.69 Å². The van der Waals surface area contributed by atoms with Crippen LogP contribution in [0.5, 0.6) is 0 Å². The second kappa shape index (κ2) is 6.66. The summed E-state index contributed by atoms with van der Waals surface area (Å²) in [6.07, 6.45) is 2.56. The molecule has 0 saturated carbocycles. The smallest absolute Gasteiger partial charge is 0.303 e. The summed E-state index contributed by atoms with van der Waals surface area (Å²) < 4.78 is 13.7. The van der Waals surface area contributed by atoms with Crippen molar-refractivity contribution in [2.24, 2.45) is 0 Å². The number of urea groups is 1. The van der Waals surface area contributed by atoms with Crippen molar-refractivity contribution in [3.63, 3.8) is 0 Å². The highest BCUT2D eigenvalue weighted by Gasteiger charge is 2.33. The van der Waals surface area contributed by atoms with Gasteiger partial charge in [0.25, 0.3) is 5.91 Å². The van der Waals surface area contributed by atoms with E-state index in [0.717, 1.165) is 16.9 Å². The molecule has 0 atom stereocenters. The Balaban J connectivity index is 1.80. The van der Waals surface area contributed by atoms with Crippen molar-refractivity contribution in [2.45, 2.75) is 19.9 Å². The van der Waals surface area contributed by atoms with Gasteiger partial charge in [-0.1, -0.05) is 49.4 Å². The number of benzene rings is 2. The quantitative estimate of drug-likeness (QED) is 0.691. The van der Waals surface area contributed by atoms with Gasteiger partial charge < -0.3 is 5.32 Å². The van der Waals surface area contributed by atoms with Crippen molar-refractivity contribution in [1.29, 1.82) is 0 Å². The molecule has 24 heavy (non-hydrogen) atoms. The molecule has 4 nitrogen and oxygen atoms in total. The van der Waals surface area contributed by atoms with Crippen molar-refractivity contribution in [2.75, 3.05) is 0 Å². The molecule has 2 aromatic rings. The molecule has 2 aromatic carbocycles. The van der Waals surface area contributed by atoms with Gasteiger partial charge in [0.1, 0.15) is 11.5 Å². The number of hydrogen-bond acceptors (Lipinski definition) is 2. The lowest BCUT2D eigenvalue weighted by atomic mass is 10.1. The summed E-state index contributed by atoms with van der Waals surface area (Å²) in [4.78, 5) is 25.4. The molecular weight excluding hydrogens is 307 g/mol. The summed E-state index contributed by atoms with van der Waals surface area (Å²) in [7, 11) is 0. The SMILES string of the molecule is CCc1ccc(/C=C2/NC(=O)N(Cc3ccccc3F)C2=O)cc1. The van der Waals surface area contributed by atoms with Crippen LogP contribution in [-0.2, 0) is 17.8 Å². The Morgan fingerprint density at radius 2 is 1.79 bits per heavy atom. The van der Waals surface area contributed by atoms with Crippen LogP contribution < -0.4 is 5.32 Å². The monoisotopic (exact) mass is 324 g/mol. The molecule has 1 saturated heterocycles. The first-order valence-corrected chi connectivity index (χ1v) is 7.75. The lowest BCUT2D eigenvalue weighted by molar-refractivity contribution is -0.123. The molecule has 0 aromatic heterocycles. The van der Waals surface area contributed by atoms with E-state index in [9.17, 15) is 14.0 Å². The Morgan fingerprint density at radius 1 is 1.08 bits per heavy atom. The van der Waals surface area contributed by atoms with Gasteiger partial charge in [-0.2, -0.15) is 0 Å². The number of hydrogen-bond donors (Lipinski definition) is 1. The van der Waals surface area contributed by atoms with Gasteiger partial charge in [0.05, 0.1) is 6.54 Å². The molecule has 0 spiro atoms. The summed E-state index contributed by atoms with van der Waals surface area (Å²) >= 11 is 0. The number of nitrogens with zero attached hydrogens (tertiary/aromatic N) is 1. The molecule has 122 valence electrons. The molecule has 0 radical (unpaired) electrons. The van der Waals surface area contributed by atoms with Crippen molar-refractivity contribution in [3.8, 4) is 0 Å². The number of carbonyl (C=O) groups is 2. The van der Waals surface area contributed by atoms with Crippen LogP contribution in [0.25, 0.3) is 6.08 Å². The molecule has 1 aliphatic rings. The van der Waals surface area contributed by atoms with Gasteiger partial charge in [0.15, 0.2) is 0 Å². The third kappa shape index (κ3) is 3.20. The van der Waals surface area contributed by atoms with Crippen molar-refractivity contribution in [3.05, 3.63) is 76.7 Å². The highest BCUT2D eigenvalue weighted by molar-refractivity contribution is 6.13. The van der Waals surface area contributed by atoms with Gasteiger partial charge >= 0.3 is 6.03 Å². The van der Waals surface area contributed by atoms with E-state index >= 15 is 0 Å². The van der Waals surface area contributed by atoms with Gasteiger partial charge in [-0.25, -0.2) is 9.18 Å². The lowest BCUT2D eigenvalue weighted by Crippen LogP contribution is -2.30. The highest BCUT2D eigenvalue weighted by Crippen LogP contribution is 2.18. The number of amides is 3. The number of nitrogens with one attached hydrogen (secondary N) is 1. The minimum Gasteiger partial charge on any atom is -0.303 e. The molecule has 0 unspecified atom stereocenters. The average Bonchev–Trinajstić information content (AvgIpc) is 2.85. The van der Waals surface area contributed by atoms with E-state index in [-0.39, 0.29) is 12.2 Å². The fraction of sp³-hybridized carbons (Fsp3) is 0.158. The molecule has 3 rings (SSSR count). The predicted molar refractivity (Wildman–Crippen MR) is 89.3 cm³/mol. The third-order valence-electron chi connectivity index (χ3n) is 3.95. The Labute approximate surface area is 139 Å². The van der Waals surface area contributed by atoms with Crippen LogP contribution in [0.4, 0.5) is 9.18 Å². The van der Waals surface area contributed by atoms with Crippen LogP contribution in [0.3, 0.4) is 0 Å². The van der Waals surface area contributed by atoms with Crippen LogP contribution in [0, 0.1) is 5.82 Å². The minimum absolute atomic E-state index is 0.0938. The number of halogens is 1. The Morgan fingerprint density at radius 3 is 2.46 bits per heavy atom. The molecule has 5 heteroatoms. The van der Waals surface area contributed by atoms with E-state index in [2.05, 4.69) is 12.2 Å². The molecule has 1 aliphatic heterocycles. The van der Waals surface area contributed by atoms with Crippen molar-refractivity contribution in [1.82, 2.24) is 10.2 Å². The van der Waals surface area contributed by atoms with Gasteiger partial charge in [-0.05, 0) is 29.7 Å². The van der Waals surface area contributed by atoms with Crippen LogP contribution >= 0.6 is 0 Å². The largest absolute Gasteiger partial charge is 0.329 e. The first-order valence-electron chi connectivity index (χ1n) is 7.75. The molecule has 1 N–H and O–H groups in total. The van der Waals surface area contributed by atoms with Crippen molar-refractivity contribution >= 4 is 18.0 Å². The van der Waals surface area contributed by atoms with Crippen LogP contribution in [-0.4, -0.2) is 16.8 Å². The molecule has 1 heterocycles. The van der Waals surface area contributed by atoms with Gasteiger partial charge in [-0.15, -0.1) is 0 Å². The number of imide groups is 1. The summed E-state index contributed by atoms with van der Waals surface area (Å²) in [6.45, 7) is 1.97. The van der Waals surface area contributed by atoms with Crippen LogP contribution in [0.2, 0.25) is 0 Å². The van der Waals surface area contributed by atoms with E-state index in [0.29, 0.717) is 5.56 Å². The van der Waals surface area contributed by atoms with Gasteiger partial charge in [0.2, 0.25) is 0 Å². The Hall–Kier alpha value is -2.95. The number of aryl methyl sites for hydroxylation is 1. The molecule has 1 fully saturated rings. The molecule has 3 amide bonds. The second-order valence-corrected chi connectivity index (χ2v) is 5.57. The lowest BCUT2D eigenvalue weighted by Gasteiger charge is -2.12. The number of rotatable bonds is 4. The van der Waals surface area contributed by atoms with Gasteiger partial charge in [0, 0.05) is 5.56 Å². The zero-order chi connectivity index (χ0) is 17.1. The standard InChI is InChI=1S/C19H17FN2O2/c1-2-13-7-9-14(10-8-13)11-17-18(23)22(19(24)21-17)12-15-5-3-4-6-16(15)20/h3-11H,2,12H2,1H3,(H,21,24)/b17-11+. The van der Waals surface area contributed by atoms with Crippen LogP contribution in [0.1, 0.15) is 23.6 Å². The molecule has 0 bridgehead atoms. The maximum atomic E-state index is 13.7. The highest BCUT2D eigenvalue weighted by atomic mass is 19.1. The first-order chi connectivity index (χ1) is 11.6. The fourth-order valence-corrected chi connectivity index (χ4v) is 2.53. The van der Waals surface area contributed by atoms with E-state index in [4.69, 9.17) is 0 Å². The zero-order valence-corrected chi connectivity index (χ0v) is 13.3. The number of carbonyl (C=O) groups excluding carboxylic acids is 2. The Bertz CT molecular complexity index is 812. The van der Waals surface area contributed by atoms with E-state index in [1.165, 1.54) is 11.6 Å². The molecule has 0 aliphatic carbocycles.